The Bertz CT molecular complexity index is 283. The SMILES string of the molecule is CC(C)(C)OC(=O)NC1CO[C@@H](C(=O)O)C1. The summed E-state index contributed by atoms with van der Waals surface area (Å²) in [4.78, 5) is 21.9. The monoisotopic (exact) mass is 231 g/mol. The largest absolute Gasteiger partial charge is 0.479 e. The average Bonchev–Trinajstić information content (AvgIpc) is 2.48. The van der Waals surface area contributed by atoms with Gasteiger partial charge in [0.1, 0.15) is 5.60 Å². The number of aliphatic carboxylic acids is 1. The van der Waals surface area contributed by atoms with Crippen LogP contribution in [-0.2, 0) is 14.3 Å². The van der Waals surface area contributed by atoms with Crippen LogP contribution in [0.25, 0.3) is 0 Å². The van der Waals surface area contributed by atoms with E-state index in [4.69, 9.17) is 14.6 Å². The van der Waals surface area contributed by atoms with Crippen molar-refractivity contribution in [2.75, 3.05) is 6.61 Å². The molecule has 0 aromatic rings. The molecule has 6 heteroatoms. The third-order valence-electron chi connectivity index (χ3n) is 1.99. The first kappa shape index (κ1) is 12.8. The summed E-state index contributed by atoms with van der Waals surface area (Å²) in [5, 5.41) is 11.3. The van der Waals surface area contributed by atoms with Gasteiger partial charge < -0.3 is 19.9 Å². The molecule has 1 rings (SSSR count). The van der Waals surface area contributed by atoms with E-state index in [0.717, 1.165) is 0 Å². The minimum absolute atomic E-state index is 0.205. The van der Waals surface area contributed by atoms with Crippen LogP contribution in [0.3, 0.4) is 0 Å². The fourth-order valence-electron chi connectivity index (χ4n) is 1.37. The van der Waals surface area contributed by atoms with Crippen LogP contribution in [0.2, 0.25) is 0 Å². The van der Waals surface area contributed by atoms with Crippen LogP contribution in [0.15, 0.2) is 0 Å². The maximum Gasteiger partial charge on any atom is 0.407 e. The molecular weight excluding hydrogens is 214 g/mol. The summed E-state index contributed by atoms with van der Waals surface area (Å²) in [6.07, 6.45) is -1.11. The molecule has 0 spiro atoms. The molecule has 92 valence electrons. The highest BCUT2D eigenvalue weighted by Gasteiger charge is 2.32. The molecule has 1 heterocycles. The Balaban J connectivity index is 2.34. The van der Waals surface area contributed by atoms with Gasteiger partial charge in [0, 0.05) is 6.42 Å². The highest BCUT2D eigenvalue weighted by atomic mass is 16.6. The third-order valence-corrected chi connectivity index (χ3v) is 1.99. The predicted octanol–water partition coefficient (Wildman–Crippen LogP) is 0.753. The summed E-state index contributed by atoms with van der Waals surface area (Å²) in [6.45, 7) is 5.49. The second-order valence-electron chi connectivity index (χ2n) is 4.74. The van der Waals surface area contributed by atoms with Gasteiger partial charge in [0.15, 0.2) is 6.10 Å². The highest BCUT2D eigenvalue weighted by Crippen LogP contribution is 2.14. The van der Waals surface area contributed by atoms with Gasteiger partial charge in [-0.1, -0.05) is 0 Å². The number of ether oxygens (including phenoxy) is 2. The lowest BCUT2D eigenvalue weighted by molar-refractivity contribution is -0.147. The number of carbonyl (C=O) groups is 2. The van der Waals surface area contributed by atoms with Crippen molar-refractivity contribution in [3.05, 3.63) is 0 Å². The molecule has 0 aromatic heterocycles. The lowest BCUT2D eigenvalue weighted by atomic mass is 10.2. The van der Waals surface area contributed by atoms with E-state index in [0.29, 0.717) is 0 Å². The molecular formula is C10H17NO5. The molecule has 1 saturated heterocycles. The number of hydrogen-bond donors (Lipinski definition) is 2. The summed E-state index contributed by atoms with van der Waals surface area (Å²) in [5.74, 6) is -1.01. The molecule has 1 unspecified atom stereocenters. The Morgan fingerprint density at radius 2 is 2.06 bits per heavy atom. The fraction of sp³-hybridized carbons (Fsp3) is 0.800. The Kier molecular flexibility index (Phi) is 3.74. The summed E-state index contributed by atoms with van der Waals surface area (Å²) in [5.41, 5.74) is -0.560. The minimum Gasteiger partial charge on any atom is -0.479 e. The smallest absolute Gasteiger partial charge is 0.407 e. The maximum absolute atomic E-state index is 11.4. The molecule has 0 radical (unpaired) electrons. The topological polar surface area (TPSA) is 84.9 Å². The van der Waals surface area contributed by atoms with Crippen molar-refractivity contribution in [3.63, 3.8) is 0 Å². The first-order valence-corrected chi connectivity index (χ1v) is 5.12. The van der Waals surface area contributed by atoms with Crippen molar-refractivity contribution in [2.45, 2.75) is 44.9 Å². The van der Waals surface area contributed by atoms with Gasteiger partial charge in [-0.05, 0) is 20.8 Å². The molecule has 0 bridgehead atoms. The van der Waals surface area contributed by atoms with Crippen molar-refractivity contribution < 1.29 is 24.2 Å². The van der Waals surface area contributed by atoms with Crippen molar-refractivity contribution >= 4 is 12.1 Å². The van der Waals surface area contributed by atoms with E-state index in [1.165, 1.54) is 0 Å². The lowest BCUT2D eigenvalue weighted by Crippen LogP contribution is -2.39. The molecule has 1 amide bonds. The summed E-state index contributed by atoms with van der Waals surface area (Å²) in [6, 6.07) is -0.295. The summed E-state index contributed by atoms with van der Waals surface area (Å²) >= 11 is 0. The Hall–Kier alpha value is -1.30. The van der Waals surface area contributed by atoms with Crippen LogP contribution in [0.5, 0.6) is 0 Å². The average molecular weight is 231 g/mol. The molecule has 1 fully saturated rings. The zero-order valence-corrected chi connectivity index (χ0v) is 9.65. The zero-order valence-electron chi connectivity index (χ0n) is 9.65. The third kappa shape index (κ3) is 4.06. The summed E-state index contributed by atoms with van der Waals surface area (Å²) < 4.78 is 10.0. The molecule has 0 saturated carbocycles. The molecule has 1 aliphatic rings. The van der Waals surface area contributed by atoms with E-state index in [9.17, 15) is 9.59 Å². The molecule has 16 heavy (non-hydrogen) atoms. The number of carbonyl (C=O) groups excluding carboxylic acids is 1. The van der Waals surface area contributed by atoms with Crippen molar-refractivity contribution in [3.8, 4) is 0 Å². The Labute approximate surface area is 93.9 Å². The van der Waals surface area contributed by atoms with Gasteiger partial charge in [0.2, 0.25) is 0 Å². The van der Waals surface area contributed by atoms with E-state index in [2.05, 4.69) is 5.32 Å². The van der Waals surface area contributed by atoms with E-state index in [1.54, 1.807) is 20.8 Å². The number of nitrogens with one attached hydrogen (secondary N) is 1. The van der Waals surface area contributed by atoms with Crippen LogP contribution in [-0.4, -0.2) is 41.5 Å². The lowest BCUT2D eigenvalue weighted by Gasteiger charge is -2.21. The standard InChI is InChI=1S/C10H17NO5/c1-10(2,3)16-9(14)11-6-4-7(8(12)13)15-5-6/h6-7H,4-5H2,1-3H3,(H,11,14)(H,12,13)/t6?,7-/m1/s1. The second-order valence-corrected chi connectivity index (χ2v) is 4.74. The van der Waals surface area contributed by atoms with Crippen LogP contribution < -0.4 is 5.32 Å². The fourth-order valence-corrected chi connectivity index (χ4v) is 1.37. The van der Waals surface area contributed by atoms with Gasteiger partial charge in [-0.25, -0.2) is 9.59 Å². The normalized spacial score (nSPS) is 25.2. The van der Waals surface area contributed by atoms with E-state index in [1.807, 2.05) is 0 Å². The van der Waals surface area contributed by atoms with Crippen LogP contribution in [0.4, 0.5) is 4.79 Å². The Morgan fingerprint density at radius 1 is 1.44 bits per heavy atom. The minimum atomic E-state index is -1.01. The first-order chi connectivity index (χ1) is 7.28. The van der Waals surface area contributed by atoms with E-state index >= 15 is 0 Å². The van der Waals surface area contributed by atoms with Gasteiger partial charge in [-0.3, -0.25) is 0 Å². The number of amides is 1. The quantitative estimate of drug-likeness (QED) is 0.732. The summed E-state index contributed by atoms with van der Waals surface area (Å²) in [7, 11) is 0. The van der Waals surface area contributed by atoms with Crippen molar-refractivity contribution in [1.29, 1.82) is 0 Å². The van der Waals surface area contributed by atoms with Gasteiger partial charge in [-0.15, -0.1) is 0 Å². The molecule has 0 aliphatic carbocycles. The van der Waals surface area contributed by atoms with Crippen molar-refractivity contribution in [2.24, 2.45) is 0 Å². The van der Waals surface area contributed by atoms with E-state index in [-0.39, 0.29) is 19.1 Å². The van der Waals surface area contributed by atoms with Gasteiger partial charge in [0.25, 0.3) is 0 Å². The number of carboxylic acid groups (broad SMARTS) is 1. The van der Waals surface area contributed by atoms with Crippen molar-refractivity contribution in [1.82, 2.24) is 5.32 Å². The molecule has 1 aliphatic heterocycles. The van der Waals surface area contributed by atoms with Crippen LogP contribution in [0, 0.1) is 0 Å². The van der Waals surface area contributed by atoms with Gasteiger partial charge in [-0.2, -0.15) is 0 Å². The molecule has 6 nitrogen and oxygen atoms in total. The predicted molar refractivity (Wildman–Crippen MR) is 55.2 cm³/mol. The molecule has 2 N–H and O–H groups in total. The number of alkyl carbamates (subject to hydrolysis) is 1. The van der Waals surface area contributed by atoms with Crippen LogP contribution >= 0.6 is 0 Å². The molecule has 0 aromatic carbocycles. The van der Waals surface area contributed by atoms with Crippen LogP contribution in [0.1, 0.15) is 27.2 Å². The van der Waals surface area contributed by atoms with E-state index < -0.39 is 23.8 Å². The second kappa shape index (κ2) is 4.69. The van der Waals surface area contributed by atoms with Gasteiger partial charge in [0.05, 0.1) is 12.6 Å². The van der Waals surface area contributed by atoms with Gasteiger partial charge >= 0.3 is 12.1 Å². The maximum atomic E-state index is 11.4. The molecule has 2 atom stereocenters. The zero-order chi connectivity index (χ0) is 12.3. The Morgan fingerprint density at radius 3 is 2.50 bits per heavy atom. The first-order valence-electron chi connectivity index (χ1n) is 5.12. The number of rotatable bonds is 2. The number of hydrogen-bond acceptors (Lipinski definition) is 4. The highest BCUT2D eigenvalue weighted by molar-refractivity contribution is 5.73. The number of carboxylic acids is 1.